The fourth-order valence-electron chi connectivity index (χ4n) is 3.16. The van der Waals surface area contributed by atoms with Crippen LogP contribution in [0.2, 0.25) is 0 Å². The smallest absolute Gasteiger partial charge is 0.255 e. The van der Waals surface area contributed by atoms with Gasteiger partial charge in [0.1, 0.15) is 0 Å². The van der Waals surface area contributed by atoms with Crippen LogP contribution >= 0.6 is 0 Å². The summed E-state index contributed by atoms with van der Waals surface area (Å²) in [5.41, 5.74) is 6.97. The first-order valence-electron chi connectivity index (χ1n) is 7.08. The number of nitrogen functional groups attached to an aromatic ring is 1. The number of rotatable bonds is 1. The van der Waals surface area contributed by atoms with E-state index in [1.807, 2.05) is 17.0 Å². The average molecular weight is 273 g/mol. The zero-order chi connectivity index (χ0) is 14.1. The molecule has 0 radical (unpaired) electrons. The second-order valence-electron chi connectivity index (χ2n) is 5.60. The minimum Gasteiger partial charge on any atom is -0.398 e. The summed E-state index contributed by atoms with van der Waals surface area (Å²) in [4.78, 5) is 25.8. The van der Waals surface area contributed by atoms with Gasteiger partial charge in [0, 0.05) is 31.2 Å². The molecule has 20 heavy (non-hydrogen) atoms. The lowest BCUT2D eigenvalue weighted by atomic mass is 9.85. The number of amides is 2. The molecule has 0 saturated carbocycles. The van der Waals surface area contributed by atoms with Crippen LogP contribution in [0.25, 0.3) is 0 Å². The van der Waals surface area contributed by atoms with Crippen molar-refractivity contribution in [2.75, 3.05) is 18.8 Å². The summed E-state index contributed by atoms with van der Waals surface area (Å²) in [6, 6.07) is 7.41. The van der Waals surface area contributed by atoms with Crippen LogP contribution in [-0.2, 0) is 4.79 Å². The Morgan fingerprint density at radius 3 is 2.90 bits per heavy atom. The maximum absolute atomic E-state index is 12.5. The summed E-state index contributed by atoms with van der Waals surface area (Å²) in [6.45, 7) is 1.38. The van der Waals surface area contributed by atoms with E-state index in [1.54, 1.807) is 12.1 Å². The van der Waals surface area contributed by atoms with Crippen molar-refractivity contribution in [3.05, 3.63) is 29.8 Å². The lowest BCUT2D eigenvalue weighted by Gasteiger charge is -2.41. The molecule has 2 aliphatic heterocycles. The molecule has 5 heteroatoms. The highest BCUT2D eigenvalue weighted by Gasteiger charge is 2.35. The highest BCUT2D eigenvalue weighted by molar-refractivity contribution is 5.99. The van der Waals surface area contributed by atoms with Crippen molar-refractivity contribution in [3.8, 4) is 0 Å². The van der Waals surface area contributed by atoms with Crippen molar-refractivity contribution < 1.29 is 9.59 Å². The summed E-state index contributed by atoms with van der Waals surface area (Å²) in [7, 11) is 0. The van der Waals surface area contributed by atoms with E-state index in [9.17, 15) is 9.59 Å². The Hall–Kier alpha value is -2.04. The quantitative estimate of drug-likeness (QED) is 0.750. The van der Waals surface area contributed by atoms with Gasteiger partial charge in [-0.2, -0.15) is 0 Å². The van der Waals surface area contributed by atoms with Gasteiger partial charge in [-0.3, -0.25) is 9.59 Å². The first-order valence-corrected chi connectivity index (χ1v) is 7.08. The zero-order valence-electron chi connectivity index (χ0n) is 11.3. The van der Waals surface area contributed by atoms with Crippen LogP contribution in [0.1, 0.15) is 29.6 Å². The van der Waals surface area contributed by atoms with Gasteiger partial charge in [0.25, 0.3) is 5.91 Å². The number of para-hydroxylation sites is 1. The number of nitrogens with one attached hydrogen (secondary N) is 1. The van der Waals surface area contributed by atoms with Crippen LogP contribution in [-0.4, -0.2) is 35.8 Å². The Morgan fingerprint density at radius 2 is 2.10 bits per heavy atom. The first-order chi connectivity index (χ1) is 9.65. The number of nitrogens with zero attached hydrogens (tertiary/aromatic N) is 1. The molecule has 0 aliphatic carbocycles. The summed E-state index contributed by atoms with van der Waals surface area (Å²) >= 11 is 0. The van der Waals surface area contributed by atoms with E-state index < -0.39 is 0 Å². The minimum atomic E-state index is -0.00144. The molecule has 0 bridgehead atoms. The van der Waals surface area contributed by atoms with Gasteiger partial charge in [0.05, 0.1) is 5.56 Å². The van der Waals surface area contributed by atoms with E-state index in [4.69, 9.17) is 5.73 Å². The number of carbonyl (C=O) groups excluding carboxylic acids is 2. The van der Waals surface area contributed by atoms with E-state index in [0.29, 0.717) is 36.7 Å². The van der Waals surface area contributed by atoms with Gasteiger partial charge < -0.3 is 16.0 Å². The lowest BCUT2D eigenvalue weighted by Crippen LogP contribution is -2.55. The molecule has 2 unspecified atom stereocenters. The molecule has 5 nitrogen and oxygen atoms in total. The van der Waals surface area contributed by atoms with Crippen molar-refractivity contribution in [1.29, 1.82) is 0 Å². The fraction of sp³-hybridized carbons (Fsp3) is 0.467. The number of fused-ring (bicyclic) bond motifs is 1. The number of carbonyl (C=O) groups is 2. The third-order valence-electron chi connectivity index (χ3n) is 4.30. The van der Waals surface area contributed by atoms with E-state index in [2.05, 4.69) is 5.32 Å². The average Bonchev–Trinajstić information content (AvgIpc) is 2.46. The molecule has 0 spiro atoms. The van der Waals surface area contributed by atoms with Gasteiger partial charge >= 0.3 is 0 Å². The normalized spacial score (nSPS) is 25.8. The van der Waals surface area contributed by atoms with E-state index in [0.717, 1.165) is 12.8 Å². The van der Waals surface area contributed by atoms with Crippen LogP contribution in [0.15, 0.2) is 24.3 Å². The summed E-state index contributed by atoms with van der Waals surface area (Å²) in [5.74, 6) is 0.507. The van der Waals surface area contributed by atoms with Gasteiger partial charge in [-0.1, -0.05) is 12.1 Å². The van der Waals surface area contributed by atoms with Crippen LogP contribution in [0.4, 0.5) is 5.69 Å². The second kappa shape index (κ2) is 5.15. The third-order valence-corrected chi connectivity index (χ3v) is 4.30. The van der Waals surface area contributed by atoms with Crippen LogP contribution < -0.4 is 11.1 Å². The van der Waals surface area contributed by atoms with E-state index >= 15 is 0 Å². The van der Waals surface area contributed by atoms with Crippen LogP contribution in [0, 0.1) is 5.92 Å². The summed E-state index contributed by atoms with van der Waals surface area (Å²) in [6.07, 6.45) is 2.26. The Bertz CT molecular complexity index is 544. The molecule has 2 fully saturated rings. The van der Waals surface area contributed by atoms with Crippen molar-refractivity contribution in [2.45, 2.75) is 25.3 Å². The SMILES string of the molecule is Nc1ccccc1C(=O)N1CCC2NC(=O)CCC2C1. The van der Waals surface area contributed by atoms with Crippen molar-refractivity contribution in [3.63, 3.8) is 0 Å². The number of benzene rings is 1. The molecular weight excluding hydrogens is 254 g/mol. The summed E-state index contributed by atoms with van der Waals surface area (Å²) in [5, 5.41) is 3.03. The van der Waals surface area contributed by atoms with Crippen molar-refractivity contribution in [2.24, 2.45) is 5.92 Å². The molecular formula is C15H19N3O2. The number of nitrogens with two attached hydrogens (primary N) is 1. The molecule has 1 aromatic carbocycles. The molecule has 2 heterocycles. The highest BCUT2D eigenvalue weighted by Crippen LogP contribution is 2.27. The van der Waals surface area contributed by atoms with Gasteiger partial charge in [-0.05, 0) is 30.9 Å². The molecule has 2 amide bonds. The van der Waals surface area contributed by atoms with Gasteiger partial charge in [-0.25, -0.2) is 0 Å². The monoisotopic (exact) mass is 273 g/mol. The molecule has 106 valence electrons. The standard InChI is InChI=1S/C15H19N3O2/c16-12-4-2-1-3-11(12)15(20)18-8-7-13-10(9-18)5-6-14(19)17-13/h1-4,10,13H,5-9,16H2,(H,17,19). The number of anilines is 1. The first kappa shape index (κ1) is 13.0. The Balaban J connectivity index is 1.72. The minimum absolute atomic E-state index is 0.00144. The fourth-order valence-corrected chi connectivity index (χ4v) is 3.16. The maximum atomic E-state index is 12.5. The predicted octanol–water partition coefficient (Wildman–Crippen LogP) is 1.01. The molecule has 3 rings (SSSR count). The summed E-state index contributed by atoms with van der Waals surface area (Å²) < 4.78 is 0. The Labute approximate surface area is 118 Å². The molecule has 1 aromatic rings. The van der Waals surface area contributed by atoms with Gasteiger partial charge in [0.2, 0.25) is 5.91 Å². The second-order valence-corrected chi connectivity index (χ2v) is 5.60. The molecule has 0 aromatic heterocycles. The maximum Gasteiger partial charge on any atom is 0.255 e. The third kappa shape index (κ3) is 2.35. The lowest BCUT2D eigenvalue weighted by molar-refractivity contribution is -0.125. The number of piperidine rings is 2. The Morgan fingerprint density at radius 1 is 1.30 bits per heavy atom. The highest BCUT2D eigenvalue weighted by atomic mass is 16.2. The van der Waals surface area contributed by atoms with Crippen molar-refractivity contribution >= 4 is 17.5 Å². The number of hydrogen-bond donors (Lipinski definition) is 2. The van der Waals surface area contributed by atoms with E-state index in [1.165, 1.54) is 0 Å². The number of likely N-dealkylation sites (tertiary alicyclic amines) is 1. The van der Waals surface area contributed by atoms with Gasteiger partial charge in [0.15, 0.2) is 0 Å². The molecule has 2 aliphatic rings. The Kier molecular flexibility index (Phi) is 3.34. The zero-order valence-corrected chi connectivity index (χ0v) is 11.3. The topological polar surface area (TPSA) is 75.4 Å². The molecule has 2 atom stereocenters. The molecule has 3 N–H and O–H groups in total. The van der Waals surface area contributed by atoms with Crippen LogP contribution in [0.5, 0.6) is 0 Å². The molecule has 2 saturated heterocycles. The number of hydrogen-bond acceptors (Lipinski definition) is 3. The largest absolute Gasteiger partial charge is 0.398 e. The van der Waals surface area contributed by atoms with Gasteiger partial charge in [-0.15, -0.1) is 0 Å². The van der Waals surface area contributed by atoms with Crippen LogP contribution in [0.3, 0.4) is 0 Å². The van der Waals surface area contributed by atoms with E-state index in [-0.39, 0.29) is 17.9 Å². The van der Waals surface area contributed by atoms with Crippen molar-refractivity contribution in [1.82, 2.24) is 10.2 Å². The predicted molar refractivity (Wildman–Crippen MR) is 76.0 cm³/mol.